The summed E-state index contributed by atoms with van der Waals surface area (Å²) in [5.74, 6) is -1.06. The lowest BCUT2D eigenvalue weighted by Crippen LogP contribution is -2.30. The molecule has 0 atom stereocenters. The largest absolute Gasteiger partial charge is 0.478 e. The van der Waals surface area contributed by atoms with E-state index in [1.54, 1.807) is 41.6 Å². The molecule has 0 aliphatic heterocycles. The van der Waals surface area contributed by atoms with Crippen molar-refractivity contribution in [2.75, 3.05) is 0 Å². The fourth-order valence-electron chi connectivity index (χ4n) is 3.50. The molecule has 1 amide bonds. The van der Waals surface area contributed by atoms with Crippen LogP contribution in [0.5, 0.6) is 0 Å². The number of carboxylic acid groups (broad SMARTS) is 1. The maximum atomic E-state index is 13.4. The molecule has 32 heavy (non-hydrogen) atoms. The Labute approximate surface area is 186 Å². The van der Waals surface area contributed by atoms with E-state index in [1.165, 1.54) is 0 Å². The average molecular weight is 422 g/mol. The monoisotopic (exact) mass is 422 g/mol. The van der Waals surface area contributed by atoms with Crippen LogP contribution in [0.15, 0.2) is 103 Å². The van der Waals surface area contributed by atoms with E-state index in [0.717, 1.165) is 22.3 Å². The normalized spacial score (nSPS) is 10.5. The van der Waals surface area contributed by atoms with Gasteiger partial charge < -0.3 is 10.0 Å². The van der Waals surface area contributed by atoms with Crippen LogP contribution in [0, 0.1) is 0 Å². The van der Waals surface area contributed by atoms with Crippen LogP contribution in [0.2, 0.25) is 0 Å². The summed E-state index contributed by atoms with van der Waals surface area (Å²) in [4.78, 5) is 30.4. The lowest BCUT2D eigenvalue weighted by Gasteiger charge is -2.23. The van der Waals surface area contributed by atoms with E-state index >= 15 is 0 Å². The number of rotatable bonds is 7. The molecule has 0 unspecified atom stereocenters. The van der Waals surface area contributed by atoms with Crippen LogP contribution in [-0.2, 0) is 13.1 Å². The van der Waals surface area contributed by atoms with Crippen LogP contribution in [0.25, 0.3) is 11.1 Å². The molecule has 0 saturated heterocycles. The van der Waals surface area contributed by atoms with Gasteiger partial charge in [0.25, 0.3) is 5.91 Å². The van der Waals surface area contributed by atoms with Crippen molar-refractivity contribution in [1.29, 1.82) is 0 Å². The Kier molecular flexibility index (Phi) is 6.37. The lowest BCUT2D eigenvalue weighted by atomic mass is 10.0. The third-order valence-corrected chi connectivity index (χ3v) is 5.20. The number of carbonyl (C=O) groups is 2. The Bertz CT molecular complexity index is 1190. The molecule has 0 bridgehead atoms. The van der Waals surface area contributed by atoms with Crippen molar-refractivity contribution in [1.82, 2.24) is 9.88 Å². The Hall–Kier alpha value is -4.25. The SMILES string of the molecule is O=C(O)c1ccc(CN(Cc2ccccc2)C(=O)c2ccc(-c3cccnc3)cc2)cc1. The first-order valence-electron chi connectivity index (χ1n) is 10.3. The van der Waals surface area contributed by atoms with Crippen molar-refractivity contribution in [2.24, 2.45) is 0 Å². The summed E-state index contributed by atoms with van der Waals surface area (Å²) in [7, 11) is 0. The van der Waals surface area contributed by atoms with Gasteiger partial charge in [-0.15, -0.1) is 0 Å². The Morgan fingerprint density at radius 1 is 0.688 bits per heavy atom. The van der Waals surface area contributed by atoms with Gasteiger partial charge in [-0.05, 0) is 52.6 Å². The topological polar surface area (TPSA) is 70.5 Å². The van der Waals surface area contributed by atoms with Crippen molar-refractivity contribution in [3.63, 3.8) is 0 Å². The van der Waals surface area contributed by atoms with Crippen molar-refractivity contribution >= 4 is 11.9 Å². The highest BCUT2D eigenvalue weighted by molar-refractivity contribution is 5.94. The first-order valence-corrected chi connectivity index (χ1v) is 10.3. The third kappa shape index (κ3) is 5.08. The summed E-state index contributed by atoms with van der Waals surface area (Å²) in [5.41, 5.74) is 4.69. The molecule has 5 heteroatoms. The van der Waals surface area contributed by atoms with Gasteiger partial charge >= 0.3 is 5.97 Å². The second kappa shape index (κ2) is 9.71. The molecule has 1 N–H and O–H groups in total. The maximum Gasteiger partial charge on any atom is 0.335 e. The number of aromatic carboxylic acids is 1. The zero-order valence-electron chi connectivity index (χ0n) is 17.4. The van der Waals surface area contributed by atoms with Gasteiger partial charge in [0.2, 0.25) is 0 Å². The van der Waals surface area contributed by atoms with Crippen LogP contribution in [-0.4, -0.2) is 26.9 Å². The van der Waals surface area contributed by atoms with E-state index in [0.29, 0.717) is 18.7 Å². The fraction of sp³-hybridized carbons (Fsp3) is 0.0741. The number of aromatic nitrogens is 1. The molecular formula is C27H22N2O3. The number of hydrogen-bond acceptors (Lipinski definition) is 3. The molecule has 1 heterocycles. The molecule has 0 aliphatic rings. The van der Waals surface area contributed by atoms with Gasteiger partial charge in [0, 0.05) is 31.0 Å². The molecular weight excluding hydrogens is 400 g/mol. The van der Waals surface area contributed by atoms with E-state index in [9.17, 15) is 9.59 Å². The summed E-state index contributed by atoms with van der Waals surface area (Å²) in [6, 6.07) is 27.8. The standard InChI is InChI=1S/C27H22N2O3/c30-26(23-14-12-22(13-15-23)25-7-4-16-28-17-25)29(18-20-5-2-1-3-6-20)19-21-8-10-24(11-9-21)27(31)32/h1-17H,18-19H2,(H,31,32). The van der Waals surface area contributed by atoms with E-state index < -0.39 is 5.97 Å². The van der Waals surface area contributed by atoms with Crippen LogP contribution >= 0.6 is 0 Å². The predicted octanol–water partition coefficient (Wildman–Crippen LogP) is 5.29. The first-order chi connectivity index (χ1) is 15.6. The van der Waals surface area contributed by atoms with Crippen LogP contribution in [0.3, 0.4) is 0 Å². The molecule has 3 aromatic carbocycles. The number of benzene rings is 3. The zero-order valence-corrected chi connectivity index (χ0v) is 17.4. The highest BCUT2D eigenvalue weighted by Gasteiger charge is 2.17. The number of hydrogen-bond donors (Lipinski definition) is 1. The van der Waals surface area contributed by atoms with Gasteiger partial charge in [-0.1, -0.05) is 60.7 Å². The quantitative estimate of drug-likeness (QED) is 0.439. The first kappa shape index (κ1) is 21.0. The second-order valence-corrected chi connectivity index (χ2v) is 7.47. The lowest BCUT2D eigenvalue weighted by molar-refractivity contribution is 0.0693. The van der Waals surface area contributed by atoms with Crippen LogP contribution in [0.4, 0.5) is 0 Å². The predicted molar refractivity (Wildman–Crippen MR) is 123 cm³/mol. The highest BCUT2D eigenvalue weighted by Crippen LogP contribution is 2.20. The average Bonchev–Trinajstić information content (AvgIpc) is 2.85. The van der Waals surface area contributed by atoms with E-state index in [2.05, 4.69) is 4.98 Å². The number of carbonyl (C=O) groups excluding carboxylic acids is 1. The molecule has 0 spiro atoms. The summed E-state index contributed by atoms with van der Waals surface area (Å²) >= 11 is 0. The number of nitrogens with zero attached hydrogens (tertiary/aromatic N) is 2. The van der Waals surface area contributed by atoms with Gasteiger partial charge in [-0.2, -0.15) is 0 Å². The van der Waals surface area contributed by atoms with Gasteiger partial charge in [-0.25, -0.2) is 4.79 Å². The van der Waals surface area contributed by atoms with Crippen molar-refractivity contribution in [2.45, 2.75) is 13.1 Å². The summed E-state index contributed by atoms with van der Waals surface area (Å²) in [5, 5.41) is 9.13. The summed E-state index contributed by atoms with van der Waals surface area (Å²) < 4.78 is 0. The molecule has 4 rings (SSSR count). The van der Waals surface area contributed by atoms with E-state index in [1.807, 2.05) is 66.7 Å². The number of amides is 1. The minimum absolute atomic E-state index is 0.0890. The Morgan fingerprint density at radius 3 is 1.91 bits per heavy atom. The molecule has 5 nitrogen and oxygen atoms in total. The maximum absolute atomic E-state index is 13.4. The van der Waals surface area contributed by atoms with E-state index in [4.69, 9.17) is 5.11 Å². The Morgan fingerprint density at radius 2 is 1.31 bits per heavy atom. The van der Waals surface area contributed by atoms with Gasteiger partial charge in [0.1, 0.15) is 0 Å². The zero-order chi connectivity index (χ0) is 22.3. The van der Waals surface area contributed by atoms with Crippen LogP contribution in [0.1, 0.15) is 31.8 Å². The van der Waals surface area contributed by atoms with Crippen molar-refractivity contribution < 1.29 is 14.7 Å². The molecule has 0 radical (unpaired) electrons. The molecule has 0 saturated carbocycles. The summed E-state index contributed by atoms with van der Waals surface area (Å²) in [6.07, 6.45) is 3.52. The van der Waals surface area contributed by atoms with Gasteiger partial charge in [0.05, 0.1) is 5.56 Å². The molecule has 0 fully saturated rings. The minimum Gasteiger partial charge on any atom is -0.478 e. The summed E-state index contributed by atoms with van der Waals surface area (Å²) in [6.45, 7) is 0.822. The second-order valence-electron chi connectivity index (χ2n) is 7.47. The number of pyridine rings is 1. The van der Waals surface area contributed by atoms with Crippen molar-refractivity contribution in [3.8, 4) is 11.1 Å². The Balaban J connectivity index is 1.58. The molecule has 158 valence electrons. The van der Waals surface area contributed by atoms with Crippen molar-refractivity contribution in [3.05, 3.63) is 126 Å². The molecule has 4 aromatic rings. The van der Waals surface area contributed by atoms with Gasteiger partial charge in [-0.3, -0.25) is 9.78 Å². The van der Waals surface area contributed by atoms with Crippen LogP contribution < -0.4 is 0 Å². The molecule has 0 aliphatic carbocycles. The fourth-order valence-corrected chi connectivity index (χ4v) is 3.50. The van der Waals surface area contributed by atoms with E-state index in [-0.39, 0.29) is 11.5 Å². The molecule has 1 aromatic heterocycles. The minimum atomic E-state index is -0.970. The smallest absolute Gasteiger partial charge is 0.335 e. The third-order valence-electron chi connectivity index (χ3n) is 5.20. The number of carboxylic acids is 1. The highest BCUT2D eigenvalue weighted by atomic mass is 16.4. The van der Waals surface area contributed by atoms with Gasteiger partial charge in [0.15, 0.2) is 0 Å².